The summed E-state index contributed by atoms with van der Waals surface area (Å²) in [5, 5.41) is 6.98. The SMILES string of the molecule is CCN(CC)CCn1ccc2cc(NC(=O)c3ccc4c(c3)NC(=O)CCS4)ccc21. The predicted octanol–water partition coefficient (Wildman–Crippen LogP) is 4.67. The van der Waals surface area contributed by atoms with E-state index < -0.39 is 0 Å². The molecule has 0 aliphatic carbocycles. The molecule has 6 nitrogen and oxygen atoms in total. The average Bonchev–Trinajstić information content (AvgIpc) is 3.07. The van der Waals surface area contributed by atoms with Crippen LogP contribution in [0.2, 0.25) is 0 Å². The highest BCUT2D eigenvalue weighted by Gasteiger charge is 2.16. The Balaban J connectivity index is 1.47. The minimum absolute atomic E-state index is 0.0141. The second-order valence-electron chi connectivity index (χ2n) is 7.62. The Morgan fingerprint density at radius 3 is 2.81 bits per heavy atom. The van der Waals surface area contributed by atoms with Gasteiger partial charge in [0.1, 0.15) is 0 Å². The van der Waals surface area contributed by atoms with Crippen LogP contribution in [0.5, 0.6) is 0 Å². The number of anilines is 2. The van der Waals surface area contributed by atoms with Crippen LogP contribution in [-0.2, 0) is 11.3 Å². The lowest BCUT2D eigenvalue weighted by Gasteiger charge is -2.18. The van der Waals surface area contributed by atoms with Gasteiger partial charge in [-0.1, -0.05) is 13.8 Å². The number of fused-ring (bicyclic) bond motifs is 2. The Morgan fingerprint density at radius 2 is 2.00 bits per heavy atom. The highest BCUT2D eigenvalue weighted by Crippen LogP contribution is 2.31. The van der Waals surface area contributed by atoms with Crippen molar-refractivity contribution in [2.75, 3.05) is 36.0 Å². The maximum Gasteiger partial charge on any atom is 0.255 e. The molecule has 2 amide bonds. The number of hydrogen-bond acceptors (Lipinski definition) is 4. The third-order valence-corrected chi connectivity index (χ3v) is 6.76. The molecule has 0 fully saturated rings. The molecule has 0 unspecified atom stereocenters. The van der Waals surface area contributed by atoms with Gasteiger partial charge >= 0.3 is 0 Å². The van der Waals surface area contributed by atoms with Crippen LogP contribution in [0.1, 0.15) is 30.6 Å². The lowest BCUT2D eigenvalue weighted by Crippen LogP contribution is -2.26. The van der Waals surface area contributed by atoms with E-state index in [2.05, 4.69) is 52.3 Å². The molecule has 162 valence electrons. The molecule has 1 aromatic heterocycles. The topological polar surface area (TPSA) is 66.4 Å². The molecule has 0 saturated heterocycles. The van der Waals surface area contributed by atoms with Crippen LogP contribution in [0, 0.1) is 0 Å². The summed E-state index contributed by atoms with van der Waals surface area (Å²) in [7, 11) is 0. The molecule has 0 bridgehead atoms. The molecule has 2 aromatic carbocycles. The van der Waals surface area contributed by atoms with Crippen molar-refractivity contribution < 1.29 is 9.59 Å². The molecule has 4 rings (SSSR count). The summed E-state index contributed by atoms with van der Waals surface area (Å²) in [6.07, 6.45) is 2.59. The zero-order chi connectivity index (χ0) is 21.8. The molecule has 31 heavy (non-hydrogen) atoms. The molecule has 0 spiro atoms. The minimum Gasteiger partial charge on any atom is -0.346 e. The van der Waals surface area contributed by atoms with Gasteiger partial charge in [0.05, 0.1) is 5.69 Å². The van der Waals surface area contributed by atoms with E-state index in [1.54, 1.807) is 23.9 Å². The van der Waals surface area contributed by atoms with Crippen LogP contribution in [0.4, 0.5) is 11.4 Å². The first-order valence-corrected chi connectivity index (χ1v) is 11.7. The van der Waals surface area contributed by atoms with Gasteiger partial charge in [-0.15, -0.1) is 11.8 Å². The van der Waals surface area contributed by atoms with E-state index in [9.17, 15) is 9.59 Å². The number of thioether (sulfide) groups is 1. The first-order valence-electron chi connectivity index (χ1n) is 10.8. The van der Waals surface area contributed by atoms with Crippen molar-refractivity contribution in [3.63, 3.8) is 0 Å². The molecule has 1 aliphatic heterocycles. The quantitative estimate of drug-likeness (QED) is 0.565. The minimum atomic E-state index is -0.188. The maximum atomic E-state index is 12.8. The zero-order valence-electron chi connectivity index (χ0n) is 18.0. The Morgan fingerprint density at radius 1 is 1.16 bits per heavy atom. The fourth-order valence-electron chi connectivity index (χ4n) is 3.83. The Kier molecular flexibility index (Phi) is 6.63. The zero-order valence-corrected chi connectivity index (χ0v) is 18.8. The van der Waals surface area contributed by atoms with Crippen molar-refractivity contribution in [1.82, 2.24) is 9.47 Å². The summed E-state index contributed by atoms with van der Waals surface area (Å²) < 4.78 is 2.26. The highest BCUT2D eigenvalue weighted by atomic mass is 32.2. The number of nitrogens with zero attached hydrogens (tertiary/aromatic N) is 2. The van der Waals surface area contributed by atoms with Crippen LogP contribution in [0.25, 0.3) is 10.9 Å². The van der Waals surface area contributed by atoms with Crippen LogP contribution in [-0.4, -0.2) is 46.7 Å². The number of rotatable bonds is 7. The van der Waals surface area contributed by atoms with Crippen molar-refractivity contribution >= 4 is 45.9 Å². The summed E-state index contributed by atoms with van der Waals surface area (Å²) in [6.45, 7) is 8.43. The molecule has 0 saturated carbocycles. The van der Waals surface area contributed by atoms with Gasteiger partial charge in [0.15, 0.2) is 0 Å². The fraction of sp³-hybridized carbons (Fsp3) is 0.333. The summed E-state index contributed by atoms with van der Waals surface area (Å²) in [5.74, 6) is 0.547. The number of nitrogens with one attached hydrogen (secondary N) is 2. The van der Waals surface area contributed by atoms with E-state index in [1.807, 2.05) is 18.2 Å². The van der Waals surface area contributed by atoms with Crippen LogP contribution in [0.15, 0.2) is 53.6 Å². The average molecular weight is 437 g/mol. The first kappa shape index (κ1) is 21.5. The van der Waals surface area contributed by atoms with Crippen LogP contribution >= 0.6 is 11.8 Å². The van der Waals surface area contributed by atoms with Gasteiger partial charge in [0.2, 0.25) is 5.91 Å². The van der Waals surface area contributed by atoms with Crippen molar-refractivity contribution in [2.45, 2.75) is 31.7 Å². The number of amides is 2. The number of aromatic nitrogens is 1. The summed E-state index contributed by atoms with van der Waals surface area (Å²) in [6, 6.07) is 13.5. The van der Waals surface area contributed by atoms with Gasteiger partial charge in [0, 0.05) is 58.5 Å². The molecule has 3 aromatic rings. The van der Waals surface area contributed by atoms with Crippen molar-refractivity contribution in [2.24, 2.45) is 0 Å². The second-order valence-corrected chi connectivity index (χ2v) is 8.76. The van der Waals surface area contributed by atoms with E-state index in [1.165, 1.54) is 0 Å². The molecule has 2 heterocycles. The first-order chi connectivity index (χ1) is 15.1. The van der Waals surface area contributed by atoms with Crippen molar-refractivity contribution in [3.8, 4) is 0 Å². The summed E-state index contributed by atoms with van der Waals surface area (Å²) in [4.78, 5) is 28.0. The van der Waals surface area contributed by atoms with Gasteiger partial charge in [-0.05, 0) is 55.6 Å². The second kappa shape index (κ2) is 9.58. The summed E-state index contributed by atoms with van der Waals surface area (Å²) in [5.41, 5.74) is 3.15. The highest BCUT2D eigenvalue weighted by molar-refractivity contribution is 7.99. The monoisotopic (exact) mass is 436 g/mol. The lowest BCUT2D eigenvalue weighted by atomic mass is 10.1. The Labute approximate surface area is 187 Å². The predicted molar refractivity (Wildman–Crippen MR) is 128 cm³/mol. The van der Waals surface area contributed by atoms with Gasteiger partial charge in [0.25, 0.3) is 5.91 Å². The van der Waals surface area contributed by atoms with E-state index >= 15 is 0 Å². The molecular weight excluding hydrogens is 408 g/mol. The van der Waals surface area contributed by atoms with Crippen LogP contribution < -0.4 is 10.6 Å². The lowest BCUT2D eigenvalue weighted by molar-refractivity contribution is -0.115. The Hall–Kier alpha value is -2.77. The normalized spacial score (nSPS) is 13.7. The molecule has 7 heteroatoms. The van der Waals surface area contributed by atoms with Crippen molar-refractivity contribution in [3.05, 3.63) is 54.2 Å². The van der Waals surface area contributed by atoms with E-state index in [0.717, 1.165) is 53.4 Å². The van der Waals surface area contributed by atoms with Crippen molar-refractivity contribution in [1.29, 1.82) is 0 Å². The maximum absolute atomic E-state index is 12.8. The largest absolute Gasteiger partial charge is 0.346 e. The Bertz CT molecular complexity index is 1100. The number of carbonyl (C=O) groups excluding carboxylic acids is 2. The fourth-order valence-corrected chi connectivity index (χ4v) is 4.76. The molecule has 1 aliphatic rings. The molecule has 0 atom stereocenters. The standard InChI is InChI=1S/C24H28N4O2S/c1-3-27(4-2)12-13-28-11-9-17-15-19(6-7-21(17)28)25-24(30)18-5-8-22-20(16-18)26-23(29)10-14-31-22/h5-9,11,15-16H,3-4,10,12-14H2,1-2H3,(H,25,30)(H,26,29). The third kappa shape index (κ3) is 4.94. The van der Waals surface area contributed by atoms with Gasteiger partial charge < -0.3 is 20.1 Å². The number of carbonyl (C=O) groups is 2. The smallest absolute Gasteiger partial charge is 0.255 e. The number of hydrogen-bond donors (Lipinski definition) is 2. The van der Waals surface area contributed by atoms with Gasteiger partial charge in [-0.25, -0.2) is 0 Å². The van der Waals surface area contributed by atoms with E-state index in [4.69, 9.17) is 0 Å². The van der Waals surface area contributed by atoms with E-state index in [0.29, 0.717) is 17.7 Å². The van der Waals surface area contributed by atoms with Gasteiger partial charge in [-0.2, -0.15) is 0 Å². The third-order valence-electron chi connectivity index (χ3n) is 5.68. The van der Waals surface area contributed by atoms with Crippen LogP contribution in [0.3, 0.4) is 0 Å². The number of benzene rings is 2. The van der Waals surface area contributed by atoms with Gasteiger partial charge in [-0.3, -0.25) is 9.59 Å². The van der Waals surface area contributed by atoms with E-state index in [-0.39, 0.29) is 11.8 Å². The molecule has 2 N–H and O–H groups in total. The molecule has 0 radical (unpaired) electrons. The summed E-state index contributed by atoms with van der Waals surface area (Å²) >= 11 is 1.63. The molecular formula is C24H28N4O2S. The number of likely N-dealkylation sites (N-methyl/N-ethyl adjacent to an activating group) is 1.